The lowest BCUT2D eigenvalue weighted by Crippen LogP contribution is -2.70. The van der Waals surface area contributed by atoms with Crippen LogP contribution in [-0.4, -0.2) is 77.6 Å². The van der Waals surface area contributed by atoms with Gasteiger partial charge in [0.15, 0.2) is 11.5 Å². The molecule has 1 fully saturated rings. The normalized spacial score (nSPS) is 22.1. The molecule has 1 amide bonds. The van der Waals surface area contributed by atoms with Crippen molar-refractivity contribution in [3.8, 4) is 28.7 Å². The Morgan fingerprint density at radius 1 is 0.797 bits per heavy atom. The number of hydrogen-bond acceptors (Lipinski definition) is 11. The highest BCUT2D eigenvalue weighted by molar-refractivity contribution is 6.03. The standard InChI is InChI=1S/C62H82N2O10/c1-6-8-9-10-11-12-13-14-15-22-36-68-60(67)64(42-44-27-31-55-56(37-44)70-43-69-55)57-41-53(63-74-61(3,4)5)51-39-47(25-18-20-33-65)50(26-19-21-34-66)58-52-40-49(72-48-29-28-45-23-16-17-24-46(45)38-48)30-32-54(52)73-62(57,59(51)58)71-35-7-2/h7,16-17,23-24,27-32,37-40,47,50,57-59,65-66H,2,6,8-15,18-22,25-26,33-36,41-43H2,1,3-5H3. The Hall–Kier alpha value is -5.56. The number of fused-ring (bicyclic) bond motifs is 4. The highest BCUT2D eigenvalue weighted by Gasteiger charge is 2.66. The van der Waals surface area contributed by atoms with Gasteiger partial charge in [-0.25, -0.2) is 4.79 Å². The first kappa shape index (κ1) is 54.7. The van der Waals surface area contributed by atoms with Gasteiger partial charge in [-0.05, 0) is 129 Å². The molecule has 2 aliphatic heterocycles. The first-order valence-electron chi connectivity index (χ1n) is 27.8. The van der Waals surface area contributed by atoms with Crippen molar-refractivity contribution in [2.75, 3.05) is 33.2 Å². The van der Waals surface area contributed by atoms with Crippen molar-refractivity contribution in [1.29, 1.82) is 0 Å². The second-order valence-electron chi connectivity index (χ2n) is 21.7. The van der Waals surface area contributed by atoms with Crippen molar-refractivity contribution < 1.29 is 48.3 Å². The predicted octanol–water partition coefficient (Wildman–Crippen LogP) is 14.4. The molecule has 6 atom stereocenters. The van der Waals surface area contributed by atoms with Crippen LogP contribution in [0.4, 0.5) is 4.79 Å². The number of oxime groups is 1. The molecule has 0 radical (unpaired) electrons. The average Bonchev–Trinajstić information content (AvgIpc) is 3.87. The van der Waals surface area contributed by atoms with Crippen LogP contribution in [0.3, 0.4) is 0 Å². The van der Waals surface area contributed by atoms with Crippen LogP contribution >= 0.6 is 0 Å². The molecular formula is C62H82N2O10. The Kier molecular flexibility index (Phi) is 19.4. The number of unbranched alkanes of at least 4 members (excludes halogenated alkanes) is 11. The lowest BCUT2D eigenvalue weighted by Gasteiger charge is -2.60. The first-order chi connectivity index (χ1) is 36.0. The molecule has 6 unspecified atom stereocenters. The molecule has 0 aromatic heterocycles. The van der Waals surface area contributed by atoms with Crippen LogP contribution in [0, 0.1) is 17.8 Å². The van der Waals surface area contributed by atoms with Gasteiger partial charge in [0, 0.05) is 37.7 Å². The van der Waals surface area contributed by atoms with Crippen molar-refractivity contribution >= 4 is 22.6 Å². The number of allylic oxidation sites excluding steroid dienone is 1. The molecule has 1 saturated carbocycles. The topological polar surface area (TPSA) is 138 Å². The maximum Gasteiger partial charge on any atom is 0.410 e. The van der Waals surface area contributed by atoms with Gasteiger partial charge in [-0.15, -0.1) is 6.58 Å². The first-order valence-corrected chi connectivity index (χ1v) is 27.8. The van der Waals surface area contributed by atoms with Crippen molar-refractivity contribution in [3.63, 3.8) is 0 Å². The number of carbonyl (C=O) groups is 1. The summed E-state index contributed by atoms with van der Waals surface area (Å²) < 4.78 is 39.5. The number of aliphatic hydroxyl groups is 2. The smallest absolute Gasteiger partial charge is 0.410 e. The molecule has 4 aliphatic rings. The summed E-state index contributed by atoms with van der Waals surface area (Å²) in [6.07, 6.45) is 20.1. The van der Waals surface area contributed by atoms with Crippen molar-refractivity contribution in [3.05, 3.63) is 114 Å². The van der Waals surface area contributed by atoms with Gasteiger partial charge in [-0.3, -0.25) is 4.90 Å². The SMILES string of the molecule is C=CCOC12Oc3ccc(Oc4ccc5ccccc5c4)cc3C3C(CCCCO)C(CCCCO)C=C(C(=NOC(C)(C)C)CC1N(Cc1ccc4c(c1)OCO4)C(=O)OCCCCCCCCCCCC)C32. The largest absolute Gasteiger partial charge is 0.459 e. The van der Waals surface area contributed by atoms with Gasteiger partial charge in [-0.2, -0.15) is 0 Å². The molecule has 2 N–H and O–H groups in total. The second kappa shape index (κ2) is 26.3. The summed E-state index contributed by atoms with van der Waals surface area (Å²) in [5.41, 5.74) is 2.85. The molecule has 0 bridgehead atoms. The predicted molar refractivity (Wildman–Crippen MR) is 291 cm³/mol. The number of nitrogens with zero attached hydrogens (tertiary/aromatic N) is 2. The third-order valence-corrected chi connectivity index (χ3v) is 15.2. The Bertz CT molecular complexity index is 2530. The van der Waals surface area contributed by atoms with E-state index in [2.05, 4.69) is 49.9 Å². The molecule has 12 nitrogen and oxygen atoms in total. The third kappa shape index (κ3) is 13.5. The minimum atomic E-state index is -1.48. The van der Waals surface area contributed by atoms with Gasteiger partial charge in [0.25, 0.3) is 0 Å². The highest BCUT2D eigenvalue weighted by atomic mass is 16.7. The molecule has 12 heteroatoms. The number of benzene rings is 4. The Morgan fingerprint density at radius 3 is 2.23 bits per heavy atom. The summed E-state index contributed by atoms with van der Waals surface area (Å²) in [5, 5.41) is 27.5. The lowest BCUT2D eigenvalue weighted by atomic mass is 9.55. The van der Waals surface area contributed by atoms with Gasteiger partial charge in [0.05, 0.1) is 24.8 Å². The fraction of sp³-hybridized carbons (Fsp3) is 0.548. The van der Waals surface area contributed by atoms with Crippen LogP contribution in [0.25, 0.3) is 10.8 Å². The fourth-order valence-electron chi connectivity index (χ4n) is 11.6. The van der Waals surface area contributed by atoms with Crippen LogP contribution in [0.1, 0.15) is 154 Å². The summed E-state index contributed by atoms with van der Waals surface area (Å²) in [6, 6.07) is 25.4. The summed E-state index contributed by atoms with van der Waals surface area (Å²) in [5.74, 6) is 1.18. The van der Waals surface area contributed by atoms with Gasteiger partial charge in [-0.1, -0.05) is 131 Å². The molecular weight excluding hydrogens is 933 g/mol. The Morgan fingerprint density at radius 2 is 1.49 bits per heavy atom. The minimum absolute atomic E-state index is 0.0356. The van der Waals surface area contributed by atoms with Crippen LogP contribution < -0.4 is 18.9 Å². The monoisotopic (exact) mass is 1010 g/mol. The van der Waals surface area contributed by atoms with E-state index in [9.17, 15) is 10.2 Å². The van der Waals surface area contributed by atoms with E-state index < -0.39 is 29.4 Å². The van der Waals surface area contributed by atoms with Crippen molar-refractivity contribution in [2.24, 2.45) is 22.9 Å². The molecule has 0 spiro atoms. The lowest BCUT2D eigenvalue weighted by molar-refractivity contribution is -0.256. The van der Waals surface area contributed by atoms with Gasteiger partial charge in [0.2, 0.25) is 12.6 Å². The Balaban J connectivity index is 1.23. The average molecular weight is 1020 g/mol. The van der Waals surface area contributed by atoms with Crippen molar-refractivity contribution in [1.82, 2.24) is 4.90 Å². The second-order valence-corrected chi connectivity index (χ2v) is 21.7. The number of aliphatic hydroxyl groups excluding tert-OH is 2. The van der Waals surface area contributed by atoms with Crippen LogP contribution in [-0.2, 0) is 20.9 Å². The fourth-order valence-corrected chi connectivity index (χ4v) is 11.6. The quantitative estimate of drug-likeness (QED) is 0.0321. The number of hydrogen-bond donors (Lipinski definition) is 2. The van der Waals surface area contributed by atoms with Gasteiger partial charge >= 0.3 is 6.09 Å². The van der Waals surface area contributed by atoms with E-state index in [-0.39, 0.29) is 63.9 Å². The summed E-state index contributed by atoms with van der Waals surface area (Å²) in [6.45, 7) is 13.2. The van der Waals surface area contributed by atoms with Gasteiger partial charge in [0.1, 0.15) is 28.9 Å². The molecule has 0 saturated heterocycles. The molecule has 4 aromatic rings. The third-order valence-electron chi connectivity index (χ3n) is 15.2. The van der Waals surface area contributed by atoms with Crippen LogP contribution in [0.5, 0.6) is 28.7 Å². The van der Waals surface area contributed by atoms with Crippen molar-refractivity contribution in [2.45, 2.75) is 167 Å². The maximum absolute atomic E-state index is 15.3. The van der Waals surface area contributed by atoms with Gasteiger partial charge < -0.3 is 43.5 Å². The van der Waals surface area contributed by atoms with Crippen LogP contribution in [0.2, 0.25) is 0 Å². The highest BCUT2D eigenvalue weighted by Crippen LogP contribution is 2.62. The zero-order chi connectivity index (χ0) is 51.9. The van der Waals surface area contributed by atoms with E-state index in [1.165, 1.54) is 44.9 Å². The van der Waals surface area contributed by atoms with E-state index in [0.717, 1.165) is 78.2 Å². The molecule has 2 aliphatic carbocycles. The molecule has 8 rings (SSSR count). The van der Waals surface area contributed by atoms with E-state index in [0.29, 0.717) is 41.6 Å². The summed E-state index contributed by atoms with van der Waals surface area (Å²) >= 11 is 0. The molecule has 2 heterocycles. The summed E-state index contributed by atoms with van der Waals surface area (Å²) in [7, 11) is 0. The van der Waals surface area contributed by atoms with E-state index in [1.54, 1.807) is 11.0 Å². The zero-order valence-electron chi connectivity index (χ0n) is 44.6. The maximum atomic E-state index is 15.3. The number of rotatable bonds is 28. The summed E-state index contributed by atoms with van der Waals surface area (Å²) in [4.78, 5) is 23.4. The zero-order valence-corrected chi connectivity index (χ0v) is 44.6. The van der Waals surface area contributed by atoms with E-state index in [1.807, 2.05) is 69.3 Å². The Labute approximate surface area is 440 Å². The number of amides is 1. The van der Waals surface area contributed by atoms with E-state index >= 15 is 4.79 Å². The molecule has 400 valence electrons. The van der Waals surface area contributed by atoms with E-state index in [4.69, 9.17) is 38.4 Å². The van der Waals surface area contributed by atoms with Crippen LogP contribution in [0.15, 0.2) is 108 Å². The minimum Gasteiger partial charge on any atom is -0.459 e. The number of carbonyl (C=O) groups excluding carboxylic acids is 1. The number of ether oxygens (including phenoxy) is 6. The molecule has 74 heavy (non-hydrogen) atoms. The molecule has 4 aromatic carbocycles.